The van der Waals surface area contributed by atoms with Crippen molar-refractivity contribution in [2.75, 3.05) is 23.3 Å². The monoisotopic (exact) mass is 508 g/mol. The Morgan fingerprint density at radius 2 is 1.61 bits per heavy atom. The SMILES string of the molecule is O=C(O)c1ccc2c(c1)nc(-c1cccc(C(=O)Nc3ccc(N4CCCCC4)cc3)c1)n2C1CCCC1. The average molecular weight is 509 g/mol. The van der Waals surface area contributed by atoms with Gasteiger partial charge in [0, 0.05) is 41.6 Å². The maximum absolute atomic E-state index is 13.2. The lowest BCUT2D eigenvalue weighted by Crippen LogP contribution is -2.29. The first kappa shape index (κ1) is 24.2. The number of carbonyl (C=O) groups excluding carboxylic acids is 1. The number of anilines is 2. The zero-order valence-corrected chi connectivity index (χ0v) is 21.4. The third-order valence-corrected chi connectivity index (χ3v) is 7.86. The minimum atomic E-state index is -0.966. The summed E-state index contributed by atoms with van der Waals surface area (Å²) in [6.07, 6.45) is 8.20. The Bertz CT molecular complexity index is 1480. The van der Waals surface area contributed by atoms with Gasteiger partial charge in [-0.2, -0.15) is 0 Å². The molecule has 1 saturated carbocycles. The van der Waals surface area contributed by atoms with E-state index in [2.05, 4.69) is 26.9 Å². The first-order valence-corrected chi connectivity index (χ1v) is 13.6. The zero-order valence-electron chi connectivity index (χ0n) is 21.4. The van der Waals surface area contributed by atoms with E-state index in [4.69, 9.17) is 4.98 Å². The molecule has 1 aliphatic heterocycles. The Morgan fingerprint density at radius 3 is 2.34 bits per heavy atom. The van der Waals surface area contributed by atoms with Crippen LogP contribution >= 0.6 is 0 Å². The zero-order chi connectivity index (χ0) is 26.1. The van der Waals surface area contributed by atoms with Gasteiger partial charge >= 0.3 is 5.97 Å². The Balaban J connectivity index is 1.28. The van der Waals surface area contributed by atoms with Crippen LogP contribution in [0.25, 0.3) is 22.4 Å². The predicted octanol–water partition coefficient (Wildman–Crippen LogP) is 6.76. The van der Waals surface area contributed by atoms with Gasteiger partial charge in [0.1, 0.15) is 5.82 Å². The molecular weight excluding hydrogens is 476 g/mol. The number of hydrogen-bond donors (Lipinski definition) is 2. The van der Waals surface area contributed by atoms with Gasteiger partial charge in [-0.3, -0.25) is 4.79 Å². The molecule has 0 bridgehead atoms. The molecule has 2 heterocycles. The van der Waals surface area contributed by atoms with Crippen molar-refractivity contribution in [2.24, 2.45) is 0 Å². The van der Waals surface area contributed by atoms with E-state index in [1.165, 1.54) is 24.9 Å². The number of piperidine rings is 1. The number of nitrogens with one attached hydrogen (secondary N) is 1. The number of hydrogen-bond acceptors (Lipinski definition) is 4. The molecule has 3 aromatic carbocycles. The summed E-state index contributed by atoms with van der Waals surface area (Å²) < 4.78 is 2.24. The highest BCUT2D eigenvalue weighted by Crippen LogP contribution is 2.37. The van der Waals surface area contributed by atoms with Gasteiger partial charge in [0.05, 0.1) is 16.6 Å². The van der Waals surface area contributed by atoms with Crippen molar-refractivity contribution in [1.29, 1.82) is 0 Å². The van der Waals surface area contributed by atoms with Gasteiger partial charge in [0.25, 0.3) is 5.91 Å². The van der Waals surface area contributed by atoms with Gasteiger partial charge < -0.3 is 19.9 Å². The molecule has 2 N–H and O–H groups in total. The van der Waals surface area contributed by atoms with E-state index in [0.717, 1.165) is 61.4 Å². The number of carbonyl (C=O) groups is 2. The molecule has 38 heavy (non-hydrogen) atoms. The Hall–Kier alpha value is -4.13. The number of aromatic nitrogens is 2. The van der Waals surface area contributed by atoms with Crippen LogP contribution < -0.4 is 10.2 Å². The van der Waals surface area contributed by atoms with Crippen LogP contribution in [0.1, 0.15) is 71.7 Å². The molecule has 2 aliphatic rings. The summed E-state index contributed by atoms with van der Waals surface area (Å²) in [7, 11) is 0. The second-order valence-electron chi connectivity index (χ2n) is 10.4. The molecular formula is C31H32N4O3. The molecule has 1 aromatic heterocycles. The van der Waals surface area contributed by atoms with E-state index in [0.29, 0.717) is 17.1 Å². The lowest BCUT2D eigenvalue weighted by molar-refractivity contribution is 0.0696. The topological polar surface area (TPSA) is 87.5 Å². The Labute approximate surface area is 222 Å². The second-order valence-corrected chi connectivity index (χ2v) is 10.4. The number of benzene rings is 3. The van der Waals surface area contributed by atoms with Gasteiger partial charge in [-0.25, -0.2) is 9.78 Å². The summed E-state index contributed by atoms with van der Waals surface area (Å²) >= 11 is 0. The van der Waals surface area contributed by atoms with Gasteiger partial charge in [0.15, 0.2) is 0 Å². The molecule has 2 fully saturated rings. The first-order chi connectivity index (χ1) is 18.6. The van der Waals surface area contributed by atoms with Crippen molar-refractivity contribution in [3.05, 3.63) is 77.9 Å². The summed E-state index contributed by atoms with van der Waals surface area (Å²) in [5.41, 5.74) is 5.18. The minimum Gasteiger partial charge on any atom is -0.478 e. The van der Waals surface area contributed by atoms with E-state index in [-0.39, 0.29) is 11.5 Å². The van der Waals surface area contributed by atoms with E-state index < -0.39 is 5.97 Å². The van der Waals surface area contributed by atoms with Crippen molar-refractivity contribution in [3.8, 4) is 11.4 Å². The molecule has 0 radical (unpaired) electrons. The van der Waals surface area contributed by atoms with Crippen LogP contribution in [0, 0.1) is 0 Å². The lowest BCUT2D eigenvalue weighted by atomic mass is 10.1. The Morgan fingerprint density at radius 1 is 0.842 bits per heavy atom. The minimum absolute atomic E-state index is 0.172. The first-order valence-electron chi connectivity index (χ1n) is 13.6. The fraction of sp³-hybridized carbons (Fsp3) is 0.323. The number of amides is 1. The third kappa shape index (κ3) is 4.76. The molecule has 7 heteroatoms. The number of nitrogens with zero attached hydrogens (tertiary/aromatic N) is 3. The number of carboxylic acid groups (broad SMARTS) is 1. The Kier molecular flexibility index (Phi) is 6.58. The second kappa shape index (κ2) is 10.3. The third-order valence-electron chi connectivity index (χ3n) is 7.86. The largest absolute Gasteiger partial charge is 0.478 e. The van der Waals surface area contributed by atoms with Crippen LogP contribution in [0.15, 0.2) is 66.7 Å². The van der Waals surface area contributed by atoms with Crippen molar-refractivity contribution < 1.29 is 14.7 Å². The molecule has 0 unspecified atom stereocenters. The normalized spacial score (nSPS) is 16.2. The number of rotatable bonds is 6. The summed E-state index contributed by atoms with van der Waals surface area (Å²) in [5, 5.41) is 12.5. The van der Waals surface area contributed by atoms with Gasteiger partial charge in [-0.05, 0) is 86.7 Å². The number of fused-ring (bicyclic) bond motifs is 1. The van der Waals surface area contributed by atoms with Crippen molar-refractivity contribution >= 4 is 34.3 Å². The molecule has 194 valence electrons. The highest BCUT2D eigenvalue weighted by Gasteiger charge is 2.24. The summed E-state index contributed by atoms with van der Waals surface area (Å²) in [6, 6.07) is 21.1. The van der Waals surface area contributed by atoms with Crippen LogP contribution in [-0.4, -0.2) is 39.6 Å². The highest BCUT2D eigenvalue weighted by molar-refractivity contribution is 6.05. The molecule has 0 spiro atoms. The molecule has 4 aromatic rings. The fourth-order valence-electron chi connectivity index (χ4n) is 5.88. The standard InChI is InChI=1S/C31H32N4O3/c36-30(32-24-12-14-25(15-13-24)34-17-4-1-5-18-34)22-8-6-7-21(19-22)29-33-27-20-23(31(37)38)11-16-28(27)35(29)26-9-2-3-10-26/h6-8,11-16,19-20,26H,1-5,9-10,17-18H2,(H,32,36)(H,37,38). The maximum Gasteiger partial charge on any atom is 0.335 e. The number of carboxylic acids is 1. The van der Waals surface area contributed by atoms with Crippen molar-refractivity contribution in [1.82, 2.24) is 9.55 Å². The fourth-order valence-corrected chi connectivity index (χ4v) is 5.88. The highest BCUT2D eigenvalue weighted by atomic mass is 16.4. The molecule has 6 rings (SSSR count). The predicted molar refractivity (Wildman–Crippen MR) is 150 cm³/mol. The van der Waals surface area contributed by atoms with E-state index in [1.54, 1.807) is 12.1 Å². The summed E-state index contributed by atoms with van der Waals surface area (Å²) in [4.78, 5) is 32.0. The molecule has 1 aliphatic carbocycles. The lowest BCUT2D eigenvalue weighted by Gasteiger charge is -2.28. The van der Waals surface area contributed by atoms with Gasteiger partial charge in [-0.1, -0.05) is 25.0 Å². The molecule has 1 saturated heterocycles. The van der Waals surface area contributed by atoms with Gasteiger partial charge in [-0.15, -0.1) is 0 Å². The maximum atomic E-state index is 13.2. The number of aromatic carboxylic acids is 1. The van der Waals surface area contributed by atoms with Crippen molar-refractivity contribution in [3.63, 3.8) is 0 Å². The van der Waals surface area contributed by atoms with Crippen LogP contribution in [0.4, 0.5) is 11.4 Å². The quantitative estimate of drug-likeness (QED) is 0.300. The van der Waals surface area contributed by atoms with Crippen LogP contribution in [0.3, 0.4) is 0 Å². The van der Waals surface area contributed by atoms with E-state index in [9.17, 15) is 14.7 Å². The van der Waals surface area contributed by atoms with Crippen LogP contribution in [0.2, 0.25) is 0 Å². The average Bonchev–Trinajstić information content (AvgIpc) is 3.61. The molecule has 0 atom stereocenters. The smallest absolute Gasteiger partial charge is 0.335 e. The van der Waals surface area contributed by atoms with E-state index in [1.807, 2.05) is 42.5 Å². The van der Waals surface area contributed by atoms with E-state index >= 15 is 0 Å². The van der Waals surface area contributed by atoms with Crippen LogP contribution in [-0.2, 0) is 0 Å². The number of imidazole rings is 1. The van der Waals surface area contributed by atoms with Crippen molar-refractivity contribution in [2.45, 2.75) is 51.0 Å². The molecule has 7 nitrogen and oxygen atoms in total. The molecule has 1 amide bonds. The summed E-state index contributed by atoms with van der Waals surface area (Å²) in [5.74, 6) is -0.365. The summed E-state index contributed by atoms with van der Waals surface area (Å²) in [6.45, 7) is 2.17. The van der Waals surface area contributed by atoms with Crippen LogP contribution in [0.5, 0.6) is 0 Å². The van der Waals surface area contributed by atoms with Gasteiger partial charge in [0.2, 0.25) is 0 Å².